The second-order valence-corrected chi connectivity index (χ2v) is 7.12. The molecule has 0 bridgehead atoms. The van der Waals surface area contributed by atoms with Gasteiger partial charge in [0.1, 0.15) is 5.92 Å². The number of aromatic nitrogens is 1. The molecule has 24 heavy (non-hydrogen) atoms. The van der Waals surface area contributed by atoms with E-state index in [4.69, 9.17) is 14.0 Å². The monoisotopic (exact) mass is 403 g/mol. The normalized spacial score (nSPS) is 12.4. The third kappa shape index (κ3) is 7.69. The molecule has 0 aromatic carbocycles. The summed E-state index contributed by atoms with van der Waals surface area (Å²) < 4.78 is 15.7. The maximum Gasteiger partial charge on any atom is 0.316 e. The molecule has 0 aliphatic rings. The molecule has 0 amide bonds. The topological polar surface area (TPSA) is 61.6 Å². The molecule has 0 saturated carbocycles. The minimum Gasteiger partial charge on any atom is -0.476 e. The molecule has 1 atom stereocenters. The van der Waals surface area contributed by atoms with Crippen molar-refractivity contribution in [1.29, 1.82) is 0 Å². The van der Waals surface area contributed by atoms with Gasteiger partial charge in [-0.3, -0.25) is 4.79 Å². The third-order valence-electron chi connectivity index (χ3n) is 3.96. The predicted octanol–water partition coefficient (Wildman–Crippen LogP) is 5.09. The molecule has 1 unspecified atom stereocenters. The average molecular weight is 404 g/mol. The van der Waals surface area contributed by atoms with E-state index in [0.29, 0.717) is 18.2 Å². The van der Waals surface area contributed by atoms with Crippen LogP contribution < -0.4 is 4.74 Å². The fraction of sp³-hybridized carbons (Fsp3) is 0.778. The molecule has 0 aliphatic carbocycles. The Morgan fingerprint density at radius 1 is 1.17 bits per heavy atom. The molecular formula is C18H30BrNO4. The molecule has 1 aromatic rings. The standard InChI is InChI=1S/C18H30BrNO4/c1-14(2)17(18(21)22-3)15-13-16(20-24-15)23-12-10-8-6-4-5-7-9-11-19/h13-14,17H,4-12H2,1-3H3. The number of halogens is 1. The van der Waals surface area contributed by atoms with E-state index in [2.05, 4.69) is 21.1 Å². The van der Waals surface area contributed by atoms with Gasteiger partial charge in [-0.1, -0.05) is 61.9 Å². The minimum absolute atomic E-state index is 0.0720. The Balaban J connectivity index is 2.25. The summed E-state index contributed by atoms with van der Waals surface area (Å²) >= 11 is 3.45. The smallest absolute Gasteiger partial charge is 0.316 e. The highest BCUT2D eigenvalue weighted by molar-refractivity contribution is 9.09. The van der Waals surface area contributed by atoms with Crippen molar-refractivity contribution in [3.63, 3.8) is 0 Å². The molecule has 0 N–H and O–H groups in total. The fourth-order valence-electron chi connectivity index (χ4n) is 2.59. The Labute approximate surface area is 153 Å². The summed E-state index contributed by atoms with van der Waals surface area (Å²) in [5.41, 5.74) is 0. The second kappa shape index (κ2) is 12.3. The van der Waals surface area contributed by atoms with Crippen molar-refractivity contribution in [2.75, 3.05) is 19.0 Å². The summed E-state index contributed by atoms with van der Waals surface area (Å²) in [7, 11) is 1.38. The molecular weight excluding hydrogens is 374 g/mol. The number of rotatable bonds is 13. The molecule has 0 fully saturated rings. The summed E-state index contributed by atoms with van der Waals surface area (Å²) in [4.78, 5) is 11.8. The zero-order chi connectivity index (χ0) is 17.8. The summed E-state index contributed by atoms with van der Waals surface area (Å²) in [5.74, 6) is 0.255. The van der Waals surface area contributed by atoms with Gasteiger partial charge in [0.25, 0.3) is 5.88 Å². The van der Waals surface area contributed by atoms with Crippen molar-refractivity contribution in [3.05, 3.63) is 11.8 Å². The molecule has 1 rings (SSSR count). The van der Waals surface area contributed by atoms with Crippen LogP contribution in [-0.4, -0.2) is 30.2 Å². The van der Waals surface area contributed by atoms with Crippen molar-refractivity contribution >= 4 is 21.9 Å². The van der Waals surface area contributed by atoms with E-state index in [1.165, 1.54) is 39.2 Å². The van der Waals surface area contributed by atoms with Crippen LogP contribution in [0.1, 0.15) is 70.5 Å². The fourth-order valence-corrected chi connectivity index (χ4v) is 2.98. The highest BCUT2D eigenvalue weighted by atomic mass is 79.9. The van der Waals surface area contributed by atoms with Gasteiger partial charge in [0, 0.05) is 11.4 Å². The van der Waals surface area contributed by atoms with Gasteiger partial charge in [-0.15, -0.1) is 0 Å². The molecule has 1 heterocycles. The molecule has 1 aromatic heterocycles. The third-order valence-corrected chi connectivity index (χ3v) is 4.52. The van der Waals surface area contributed by atoms with Gasteiger partial charge in [0.15, 0.2) is 5.76 Å². The van der Waals surface area contributed by atoms with Gasteiger partial charge >= 0.3 is 5.97 Å². The minimum atomic E-state index is -0.445. The Kier molecular flexibility index (Phi) is 10.8. The average Bonchev–Trinajstić information content (AvgIpc) is 3.01. The Morgan fingerprint density at radius 2 is 1.79 bits per heavy atom. The maximum absolute atomic E-state index is 11.8. The van der Waals surface area contributed by atoms with Crippen molar-refractivity contribution in [1.82, 2.24) is 5.16 Å². The number of nitrogens with zero attached hydrogens (tertiary/aromatic N) is 1. The van der Waals surface area contributed by atoms with Gasteiger partial charge in [-0.05, 0) is 23.9 Å². The molecule has 138 valence electrons. The number of alkyl halides is 1. The Bertz CT molecular complexity index is 462. The molecule has 0 spiro atoms. The predicted molar refractivity (Wildman–Crippen MR) is 97.7 cm³/mol. The number of unbranched alkanes of at least 4 members (excludes halogenated alkanes) is 6. The van der Waals surface area contributed by atoms with Gasteiger partial charge in [0.2, 0.25) is 0 Å². The lowest BCUT2D eigenvalue weighted by Crippen LogP contribution is -2.19. The van der Waals surface area contributed by atoms with Crippen molar-refractivity contribution in [3.8, 4) is 5.88 Å². The van der Waals surface area contributed by atoms with E-state index >= 15 is 0 Å². The zero-order valence-electron chi connectivity index (χ0n) is 15.1. The molecule has 6 heteroatoms. The molecule has 0 aliphatic heterocycles. The van der Waals surface area contributed by atoms with E-state index in [9.17, 15) is 4.79 Å². The zero-order valence-corrected chi connectivity index (χ0v) is 16.6. The van der Waals surface area contributed by atoms with Crippen LogP contribution in [0.4, 0.5) is 0 Å². The van der Waals surface area contributed by atoms with Crippen molar-refractivity contribution in [2.24, 2.45) is 5.92 Å². The van der Waals surface area contributed by atoms with E-state index < -0.39 is 5.92 Å². The van der Waals surface area contributed by atoms with Crippen LogP contribution in [0.5, 0.6) is 5.88 Å². The van der Waals surface area contributed by atoms with E-state index in [1.807, 2.05) is 13.8 Å². The number of hydrogen-bond acceptors (Lipinski definition) is 5. The first kappa shape index (κ1) is 21.0. The maximum atomic E-state index is 11.8. The first-order valence-electron chi connectivity index (χ1n) is 8.83. The van der Waals surface area contributed by atoms with Crippen molar-refractivity contribution < 1.29 is 18.8 Å². The van der Waals surface area contributed by atoms with E-state index in [1.54, 1.807) is 6.07 Å². The summed E-state index contributed by atoms with van der Waals surface area (Å²) in [5, 5.41) is 5.00. The lowest BCUT2D eigenvalue weighted by Gasteiger charge is -2.14. The number of hydrogen-bond donors (Lipinski definition) is 0. The van der Waals surface area contributed by atoms with Crippen LogP contribution in [0.15, 0.2) is 10.6 Å². The summed E-state index contributed by atoms with van der Waals surface area (Å²) in [6.07, 6.45) is 8.58. The summed E-state index contributed by atoms with van der Waals surface area (Å²) in [6.45, 7) is 4.52. The highest BCUT2D eigenvalue weighted by Gasteiger charge is 2.29. The van der Waals surface area contributed by atoms with Gasteiger partial charge < -0.3 is 14.0 Å². The van der Waals surface area contributed by atoms with Gasteiger partial charge in [0.05, 0.1) is 13.7 Å². The number of carbonyl (C=O) groups excluding carboxylic acids is 1. The van der Waals surface area contributed by atoms with Crippen LogP contribution in [0.2, 0.25) is 0 Å². The first-order chi connectivity index (χ1) is 11.6. The quantitative estimate of drug-likeness (QED) is 0.260. The largest absolute Gasteiger partial charge is 0.476 e. The van der Waals surface area contributed by atoms with Crippen molar-refractivity contribution in [2.45, 2.75) is 64.7 Å². The molecule has 0 radical (unpaired) electrons. The second-order valence-electron chi connectivity index (χ2n) is 6.32. The van der Waals surface area contributed by atoms with Gasteiger partial charge in [-0.25, -0.2) is 0 Å². The van der Waals surface area contributed by atoms with Gasteiger partial charge in [-0.2, -0.15) is 0 Å². The Morgan fingerprint density at radius 3 is 2.38 bits per heavy atom. The lowest BCUT2D eigenvalue weighted by atomic mass is 9.93. The number of ether oxygens (including phenoxy) is 2. The number of carbonyl (C=O) groups is 1. The first-order valence-corrected chi connectivity index (χ1v) is 9.95. The SMILES string of the molecule is COC(=O)C(c1cc(OCCCCCCCCCBr)no1)C(C)C. The lowest BCUT2D eigenvalue weighted by molar-refractivity contribution is -0.144. The number of esters is 1. The van der Waals surface area contributed by atoms with Crippen LogP contribution in [0, 0.1) is 5.92 Å². The van der Waals surface area contributed by atoms with Crippen LogP contribution in [0.25, 0.3) is 0 Å². The highest BCUT2D eigenvalue weighted by Crippen LogP contribution is 2.28. The van der Waals surface area contributed by atoms with E-state index in [-0.39, 0.29) is 11.9 Å². The van der Waals surface area contributed by atoms with E-state index in [0.717, 1.165) is 18.2 Å². The van der Waals surface area contributed by atoms with Crippen LogP contribution >= 0.6 is 15.9 Å². The van der Waals surface area contributed by atoms with Crippen LogP contribution in [0.3, 0.4) is 0 Å². The van der Waals surface area contributed by atoms with Crippen LogP contribution in [-0.2, 0) is 9.53 Å². The molecule has 0 saturated heterocycles. The molecule has 5 nitrogen and oxygen atoms in total. The number of methoxy groups -OCH3 is 1. The Hall–Kier alpha value is -1.04. The summed E-state index contributed by atoms with van der Waals surface area (Å²) in [6, 6.07) is 1.70.